The molecule has 0 radical (unpaired) electrons. The molecule has 0 bridgehead atoms. The minimum Gasteiger partial charge on any atom is -0.463 e. The molecule has 2 rings (SSSR count). The molecule has 0 aromatic rings. The molecule has 0 aromatic heterocycles. The van der Waals surface area contributed by atoms with Crippen LogP contribution in [0.3, 0.4) is 0 Å². The van der Waals surface area contributed by atoms with Crippen molar-refractivity contribution in [3.63, 3.8) is 0 Å². The predicted molar refractivity (Wildman–Crippen MR) is 124 cm³/mol. The molecular formula is C26H42O8. The average Bonchev–Trinajstić information content (AvgIpc) is 3.22. The Morgan fingerprint density at radius 1 is 1.12 bits per heavy atom. The van der Waals surface area contributed by atoms with Gasteiger partial charge in [-0.15, -0.1) is 0 Å². The highest BCUT2D eigenvalue weighted by molar-refractivity contribution is 5.90. The number of cyclic esters (lactones) is 1. The van der Waals surface area contributed by atoms with Gasteiger partial charge in [0.25, 0.3) is 0 Å². The van der Waals surface area contributed by atoms with Crippen molar-refractivity contribution in [2.45, 2.75) is 112 Å². The third-order valence-corrected chi connectivity index (χ3v) is 7.07. The van der Waals surface area contributed by atoms with Crippen LogP contribution < -0.4 is 0 Å². The number of rotatable bonds is 11. The molecule has 194 valence electrons. The molecular weight excluding hydrogens is 440 g/mol. The molecule has 8 heteroatoms. The van der Waals surface area contributed by atoms with Gasteiger partial charge in [-0.2, -0.15) is 0 Å². The summed E-state index contributed by atoms with van der Waals surface area (Å²) in [6.07, 6.45) is 0.587. The number of carbonyl (C=O) groups excluding carboxylic acids is 4. The fourth-order valence-corrected chi connectivity index (χ4v) is 5.37. The molecule has 34 heavy (non-hydrogen) atoms. The topological polar surface area (TPSA) is 105 Å². The maximum atomic E-state index is 13.4. The Hall–Kier alpha value is -1.96. The summed E-state index contributed by atoms with van der Waals surface area (Å²) in [4.78, 5) is 51.4. The number of Topliss-reactive ketones (excluding diaryl/α,β-unsaturated/α-hetero) is 1. The molecule has 2 fully saturated rings. The zero-order valence-electron chi connectivity index (χ0n) is 22.0. The fraction of sp³-hybridized carbons (Fsp3) is 0.846. The number of ketones is 1. The number of ether oxygens (including phenoxy) is 4. The molecule has 8 nitrogen and oxygen atoms in total. The largest absolute Gasteiger partial charge is 0.463 e. The van der Waals surface area contributed by atoms with Gasteiger partial charge in [-0.3, -0.25) is 14.4 Å². The lowest BCUT2D eigenvalue weighted by atomic mass is 9.62. The van der Waals surface area contributed by atoms with Gasteiger partial charge in [0.1, 0.15) is 5.78 Å². The highest BCUT2D eigenvalue weighted by Crippen LogP contribution is 2.53. The lowest BCUT2D eigenvalue weighted by molar-refractivity contribution is -0.194. The molecule has 2 aliphatic rings. The van der Waals surface area contributed by atoms with Crippen LogP contribution in [0.2, 0.25) is 0 Å². The maximum absolute atomic E-state index is 13.4. The summed E-state index contributed by atoms with van der Waals surface area (Å²) in [5.74, 6) is -1.29. The molecule has 1 aliphatic heterocycles. The van der Waals surface area contributed by atoms with Crippen LogP contribution in [0.15, 0.2) is 0 Å². The highest BCUT2D eigenvalue weighted by Gasteiger charge is 2.54. The molecule has 5 atom stereocenters. The van der Waals surface area contributed by atoms with Gasteiger partial charge in [0.15, 0.2) is 6.29 Å². The summed E-state index contributed by atoms with van der Waals surface area (Å²) in [6, 6.07) is 0. The molecule has 1 saturated heterocycles. The second kappa shape index (κ2) is 10.8. The standard InChI is InChI=1S/C26H42O8/c1-9-25(8,23(30)33-18(5)32-16(2)3)15-26(13-17(4)12-20(26)27)14-24(6,7)22(29)34-19-10-11-31-21(19)28/h16-19H,9-15H2,1-8H3. The van der Waals surface area contributed by atoms with Crippen molar-refractivity contribution >= 4 is 23.7 Å². The van der Waals surface area contributed by atoms with Crippen LogP contribution in [0.4, 0.5) is 0 Å². The van der Waals surface area contributed by atoms with Crippen molar-refractivity contribution in [2.24, 2.45) is 22.2 Å². The van der Waals surface area contributed by atoms with E-state index in [1.807, 2.05) is 34.6 Å². The van der Waals surface area contributed by atoms with E-state index in [1.54, 1.807) is 20.8 Å². The molecule has 0 aromatic carbocycles. The van der Waals surface area contributed by atoms with E-state index in [0.717, 1.165) is 0 Å². The Kier molecular flexibility index (Phi) is 8.94. The Bertz CT molecular complexity index is 788. The van der Waals surface area contributed by atoms with E-state index in [1.165, 1.54) is 0 Å². The van der Waals surface area contributed by atoms with Crippen LogP contribution >= 0.6 is 0 Å². The Morgan fingerprint density at radius 2 is 1.76 bits per heavy atom. The van der Waals surface area contributed by atoms with E-state index in [2.05, 4.69) is 0 Å². The minimum atomic E-state index is -1.03. The van der Waals surface area contributed by atoms with Crippen molar-refractivity contribution < 1.29 is 38.1 Å². The number of hydrogen-bond donors (Lipinski definition) is 0. The lowest BCUT2D eigenvalue weighted by Crippen LogP contribution is -2.44. The summed E-state index contributed by atoms with van der Waals surface area (Å²) < 4.78 is 21.5. The Labute approximate surface area is 203 Å². The van der Waals surface area contributed by atoms with Gasteiger partial charge >= 0.3 is 17.9 Å². The SMILES string of the molecule is CCC(C)(CC1(CC(C)(C)C(=O)OC2CCOC2=O)CC(C)CC1=O)C(=O)OC(C)OC(C)C. The predicted octanol–water partition coefficient (Wildman–Crippen LogP) is 4.37. The fourth-order valence-electron chi connectivity index (χ4n) is 5.37. The van der Waals surface area contributed by atoms with Gasteiger partial charge in [-0.1, -0.05) is 13.8 Å². The zero-order chi connectivity index (χ0) is 25.9. The van der Waals surface area contributed by atoms with E-state index in [9.17, 15) is 19.2 Å². The van der Waals surface area contributed by atoms with Crippen LogP contribution in [0.25, 0.3) is 0 Å². The van der Waals surface area contributed by atoms with E-state index < -0.39 is 46.5 Å². The minimum absolute atomic E-state index is 0.0557. The van der Waals surface area contributed by atoms with E-state index >= 15 is 0 Å². The average molecular weight is 483 g/mol. The highest BCUT2D eigenvalue weighted by atomic mass is 16.7. The van der Waals surface area contributed by atoms with Gasteiger partial charge in [0, 0.05) is 18.3 Å². The third-order valence-electron chi connectivity index (χ3n) is 7.07. The van der Waals surface area contributed by atoms with Gasteiger partial charge in [0.2, 0.25) is 6.10 Å². The molecule has 1 heterocycles. The number of carbonyl (C=O) groups is 4. The Balaban J connectivity index is 2.26. The first-order valence-electron chi connectivity index (χ1n) is 12.4. The van der Waals surface area contributed by atoms with Gasteiger partial charge in [0.05, 0.1) is 23.5 Å². The quantitative estimate of drug-likeness (QED) is 0.243. The van der Waals surface area contributed by atoms with Crippen molar-refractivity contribution in [1.29, 1.82) is 0 Å². The smallest absolute Gasteiger partial charge is 0.347 e. The van der Waals surface area contributed by atoms with Gasteiger partial charge in [-0.05, 0) is 73.1 Å². The first-order chi connectivity index (χ1) is 15.6. The van der Waals surface area contributed by atoms with Crippen LogP contribution in [0.5, 0.6) is 0 Å². The molecule has 1 aliphatic carbocycles. The second-order valence-corrected chi connectivity index (χ2v) is 11.4. The van der Waals surface area contributed by atoms with Crippen LogP contribution in [-0.2, 0) is 38.1 Å². The second-order valence-electron chi connectivity index (χ2n) is 11.4. The monoisotopic (exact) mass is 482 g/mol. The zero-order valence-corrected chi connectivity index (χ0v) is 22.0. The van der Waals surface area contributed by atoms with E-state index in [0.29, 0.717) is 25.7 Å². The van der Waals surface area contributed by atoms with Crippen molar-refractivity contribution in [3.8, 4) is 0 Å². The molecule has 0 spiro atoms. The first-order valence-corrected chi connectivity index (χ1v) is 12.4. The summed E-state index contributed by atoms with van der Waals surface area (Å²) in [5.41, 5.74) is -2.83. The first kappa shape index (κ1) is 28.3. The maximum Gasteiger partial charge on any atom is 0.347 e. The summed E-state index contributed by atoms with van der Waals surface area (Å²) in [7, 11) is 0. The molecule has 0 N–H and O–H groups in total. The normalized spacial score (nSPS) is 27.9. The number of esters is 3. The van der Waals surface area contributed by atoms with Crippen molar-refractivity contribution in [3.05, 3.63) is 0 Å². The van der Waals surface area contributed by atoms with Gasteiger partial charge in [-0.25, -0.2) is 4.79 Å². The summed E-state index contributed by atoms with van der Waals surface area (Å²) in [6.45, 7) is 14.8. The van der Waals surface area contributed by atoms with Crippen molar-refractivity contribution in [1.82, 2.24) is 0 Å². The molecule has 5 unspecified atom stereocenters. The molecule has 1 saturated carbocycles. The summed E-state index contributed by atoms with van der Waals surface area (Å²) >= 11 is 0. The van der Waals surface area contributed by atoms with Crippen molar-refractivity contribution in [2.75, 3.05) is 6.61 Å². The summed E-state index contributed by atoms with van der Waals surface area (Å²) in [5, 5.41) is 0. The number of hydrogen-bond acceptors (Lipinski definition) is 8. The van der Waals surface area contributed by atoms with Crippen LogP contribution in [0.1, 0.15) is 93.9 Å². The van der Waals surface area contributed by atoms with Crippen LogP contribution in [0, 0.1) is 22.2 Å². The lowest BCUT2D eigenvalue weighted by Gasteiger charge is -2.41. The van der Waals surface area contributed by atoms with E-state index in [-0.39, 0.29) is 37.3 Å². The van der Waals surface area contributed by atoms with E-state index in [4.69, 9.17) is 18.9 Å². The Morgan fingerprint density at radius 3 is 2.24 bits per heavy atom. The molecule has 0 amide bonds. The van der Waals surface area contributed by atoms with Gasteiger partial charge < -0.3 is 18.9 Å². The van der Waals surface area contributed by atoms with Crippen LogP contribution in [-0.4, -0.2) is 48.8 Å². The third kappa shape index (κ3) is 6.58.